The van der Waals surface area contributed by atoms with Crippen LogP contribution in [-0.2, 0) is 17.6 Å². The fourth-order valence-corrected chi connectivity index (χ4v) is 2.51. The standard InChI is InChI=1S/C19H20N2O2/c22-18(20-14-13-15-7-2-1-3-8-15)11-6-12-19-21-16-9-4-5-10-17(16)23-19/h1-5,7-10H,6,11-14H2,(H,20,22). The van der Waals surface area contributed by atoms with Gasteiger partial charge in [0.1, 0.15) is 5.52 Å². The first-order valence-corrected chi connectivity index (χ1v) is 7.96. The first-order valence-electron chi connectivity index (χ1n) is 7.96. The highest BCUT2D eigenvalue weighted by Crippen LogP contribution is 2.16. The zero-order chi connectivity index (χ0) is 15.9. The van der Waals surface area contributed by atoms with E-state index in [0.29, 0.717) is 25.3 Å². The number of benzene rings is 2. The molecule has 0 bridgehead atoms. The molecule has 1 aromatic heterocycles. The van der Waals surface area contributed by atoms with Crippen molar-refractivity contribution in [3.63, 3.8) is 0 Å². The maximum Gasteiger partial charge on any atom is 0.220 e. The van der Waals surface area contributed by atoms with E-state index in [-0.39, 0.29) is 5.91 Å². The zero-order valence-electron chi connectivity index (χ0n) is 13.0. The van der Waals surface area contributed by atoms with Gasteiger partial charge in [0, 0.05) is 19.4 Å². The van der Waals surface area contributed by atoms with E-state index in [1.54, 1.807) is 0 Å². The van der Waals surface area contributed by atoms with Crippen LogP contribution in [0.15, 0.2) is 59.0 Å². The van der Waals surface area contributed by atoms with Gasteiger partial charge in [-0.15, -0.1) is 0 Å². The molecule has 3 rings (SSSR count). The van der Waals surface area contributed by atoms with E-state index in [2.05, 4.69) is 22.4 Å². The van der Waals surface area contributed by atoms with Gasteiger partial charge in [-0.3, -0.25) is 4.79 Å². The van der Waals surface area contributed by atoms with Crippen LogP contribution in [0.25, 0.3) is 11.1 Å². The van der Waals surface area contributed by atoms with Gasteiger partial charge < -0.3 is 9.73 Å². The maximum atomic E-state index is 11.8. The number of amides is 1. The number of para-hydroxylation sites is 2. The molecule has 0 saturated carbocycles. The lowest BCUT2D eigenvalue weighted by atomic mass is 10.1. The molecule has 1 heterocycles. The van der Waals surface area contributed by atoms with Crippen LogP contribution in [0.4, 0.5) is 0 Å². The molecule has 23 heavy (non-hydrogen) atoms. The number of hydrogen-bond acceptors (Lipinski definition) is 3. The van der Waals surface area contributed by atoms with Crippen LogP contribution in [0.1, 0.15) is 24.3 Å². The van der Waals surface area contributed by atoms with Gasteiger partial charge in [0.15, 0.2) is 11.5 Å². The number of aromatic nitrogens is 1. The summed E-state index contributed by atoms with van der Waals surface area (Å²) in [7, 11) is 0. The molecule has 0 radical (unpaired) electrons. The molecule has 0 fully saturated rings. The Bertz CT molecular complexity index is 732. The van der Waals surface area contributed by atoms with E-state index in [1.807, 2.05) is 42.5 Å². The second-order valence-electron chi connectivity index (χ2n) is 5.51. The van der Waals surface area contributed by atoms with Crippen molar-refractivity contribution in [1.29, 1.82) is 0 Å². The van der Waals surface area contributed by atoms with Crippen molar-refractivity contribution in [2.24, 2.45) is 0 Å². The summed E-state index contributed by atoms with van der Waals surface area (Å²) in [6.45, 7) is 0.672. The number of nitrogens with one attached hydrogen (secondary N) is 1. The van der Waals surface area contributed by atoms with Crippen molar-refractivity contribution in [2.45, 2.75) is 25.7 Å². The Kier molecular flexibility index (Phi) is 5.04. The highest BCUT2D eigenvalue weighted by atomic mass is 16.3. The fraction of sp³-hybridized carbons (Fsp3) is 0.263. The number of fused-ring (bicyclic) bond motifs is 1. The van der Waals surface area contributed by atoms with Gasteiger partial charge in [-0.2, -0.15) is 0 Å². The second-order valence-corrected chi connectivity index (χ2v) is 5.51. The molecule has 0 unspecified atom stereocenters. The highest BCUT2D eigenvalue weighted by molar-refractivity contribution is 5.75. The summed E-state index contributed by atoms with van der Waals surface area (Å²) in [5.74, 6) is 0.778. The molecule has 3 aromatic rings. The van der Waals surface area contributed by atoms with Gasteiger partial charge in [0.05, 0.1) is 0 Å². The van der Waals surface area contributed by atoms with Crippen molar-refractivity contribution in [1.82, 2.24) is 10.3 Å². The number of nitrogens with zero attached hydrogens (tertiary/aromatic N) is 1. The van der Waals surface area contributed by atoms with Crippen LogP contribution < -0.4 is 5.32 Å². The monoisotopic (exact) mass is 308 g/mol. The fourth-order valence-electron chi connectivity index (χ4n) is 2.51. The Morgan fingerprint density at radius 1 is 1.00 bits per heavy atom. The average molecular weight is 308 g/mol. The molecule has 4 heteroatoms. The minimum Gasteiger partial charge on any atom is -0.441 e. The molecular weight excluding hydrogens is 288 g/mol. The Hall–Kier alpha value is -2.62. The van der Waals surface area contributed by atoms with Gasteiger partial charge >= 0.3 is 0 Å². The first-order chi connectivity index (χ1) is 11.3. The lowest BCUT2D eigenvalue weighted by Gasteiger charge is -2.04. The van der Waals surface area contributed by atoms with E-state index in [0.717, 1.165) is 23.9 Å². The molecule has 118 valence electrons. The van der Waals surface area contributed by atoms with Gasteiger partial charge in [0.25, 0.3) is 0 Å². The number of hydrogen-bond donors (Lipinski definition) is 1. The Balaban J connectivity index is 1.37. The molecule has 0 aliphatic heterocycles. The van der Waals surface area contributed by atoms with Gasteiger partial charge in [-0.1, -0.05) is 42.5 Å². The molecule has 2 aromatic carbocycles. The molecule has 0 spiro atoms. The van der Waals surface area contributed by atoms with Crippen LogP contribution in [0.5, 0.6) is 0 Å². The Labute approximate surface area is 135 Å². The first kappa shape index (κ1) is 15.3. The third kappa shape index (κ3) is 4.42. The molecular formula is C19H20N2O2. The topological polar surface area (TPSA) is 55.1 Å². The van der Waals surface area contributed by atoms with Gasteiger partial charge in [0.2, 0.25) is 5.91 Å². The Morgan fingerprint density at radius 2 is 1.78 bits per heavy atom. The molecule has 0 aliphatic carbocycles. The van der Waals surface area contributed by atoms with Crippen molar-refractivity contribution < 1.29 is 9.21 Å². The lowest BCUT2D eigenvalue weighted by molar-refractivity contribution is -0.121. The second kappa shape index (κ2) is 7.58. The highest BCUT2D eigenvalue weighted by Gasteiger charge is 2.06. The molecule has 1 N–H and O–H groups in total. The van der Waals surface area contributed by atoms with Gasteiger partial charge in [-0.05, 0) is 30.5 Å². The molecule has 1 amide bonds. The minimum absolute atomic E-state index is 0.0806. The summed E-state index contributed by atoms with van der Waals surface area (Å²) < 4.78 is 5.65. The SMILES string of the molecule is O=C(CCCc1nc2ccccc2o1)NCCc1ccccc1. The van der Waals surface area contributed by atoms with E-state index >= 15 is 0 Å². The van der Waals surface area contributed by atoms with Crippen molar-refractivity contribution >= 4 is 17.0 Å². The van der Waals surface area contributed by atoms with Crippen LogP contribution in [-0.4, -0.2) is 17.4 Å². The molecule has 4 nitrogen and oxygen atoms in total. The number of aryl methyl sites for hydroxylation is 1. The predicted molar refractivity (Wildman–Crippen MR) is 90.1 cm³/mol. The van der Waals surface area contributed by atoms with E-state index < -0.39 is 0 Å². The third-order valence-electron chi connectivity index (χ3n) is 3.71. The van der Waals surface area contributed by atoms with Crippen LogP contribution in [0, 0.1) is 0 Å². The number of carbonyl (C=O) groups is 1. The van der Waals surface area contributed by atoms with Crippen LogP contribution >= 0.6 is 0 Å². The van der Waals surface area contributed by atoms with E-state index in [1.165, 1.54) is 5.56 Å². The largest absolute Gasteiger partial charge is 0.441 e. The summed E-state index contributed by atoms with van der Waals surface area (Å²) in [6.07, 6.45) is 2.77. The molecule has 0 saturated heterocycles. The van der Waals surface area contributed by atoms with Crippen molar-refractivity contribution in [3.05, 3.63) is 66.1 Å². The van der Waals surface area contributed by atoms with Crippen molar-refractivity contribution in [2.75, 3.05) is 6.54 Å². The number of carbonyl (C=O) groups excluding carboxylic acids is 1. The van der Waals surface area contributed by atoms with Crippen LogP contribution in [0.2, 0.25) is 0 Å². The number of oxazole rings is 1. The normalized spacial score (nSPS) is 10.8. The summed E-state index contributed by atoms with van der Waals surface area (Å²) in [5.41, 5.74) is 2.91. The quantitative estimate of drug-likeness (QED) is 0.726. The molecule has 0 atom stereocenters. The third-order valence-corrected chi connectivity index (χ3v) is 3.71. The van der Waals surface area contributed by atoms with Crippen molar-refractivity contribution in [3.8, 4) is 0 Å². The average Bonchev–Trinajstić information content (AvgIpc) is 2.98. The summed E-state index contributed by atoms with van der Waals surface area (Å²) >= 11 is 0. The Morgan fingerprint density at radius 3 is 2.61 bits per heavy atom. The molecule has 0 aliphatic rings. The van der Waals surface area contributed by atoms with E-state index in [9.17, 15) is 4.79 Å². The van der Waals surface area contributed by atoms with Crippen LogP contribution in [0.3, 0.4) is 0 Å². The van der Waals surface area contributed by atoms with Gasteiger partial charge in [-0.25, -0.2) is 4.98 Å². The summed E-state index contributed by atoms with van der Waals surface area (Å²) in [4.78, 5) is 16.2. The maximum absolute atomic E-state index is 11.8. The van der Waals surface area contributed by atoms with E-state index in [4.69, 9.17) is 4.42 Å². The number of rotatable bonds is 7. The smallest absolute Gasteiger partial charge is 0.220 e. The predicted octanol–water partition coefficient (Wildman–Crippen LogP) is 3.51. The summed E-state index contributed by atoms with van der Waals surface area (Å²) in [6, 6.07) is 17.9. The minimum atomic E-state index is 0.0806. The summed E-state index contributed by atoms with van der Waals surface area (Å²) in [5, 5.41) is 2.95. The zero-order valence-corrected chi connectivity index (χ0v) is 13.0. The lowest BCUT2D eigenvalue weighted by Crippen LogP contribution is -2.25.